The van der Waals surface area contributed by atoms with Crippen molar-refractivity contribution in [3.05, 3.63) is 76.1 Å². The molecule has 2 amide bonds. The minimum Gasteiger partial charge on any atom is -0.480 e. The molecule has 0 fully saturated rings. The Morgan fingerprint density at radius 2 is 1.81 bits per heavy atom. The van der Waals surface area contributed by atoms with Gasteiger partial charge in [0.05, 0.1) is 23.1 Å². The molecule has 1 aromatic heterocycles. The maximum atomic E-state index is 13.1. The van der Waals surface area contributed by atoms with Crippen LogP contribution in [0.25, 0.3) is 5.69 Å². The van der Waals surface area contributed by atoms with Crippen LogP contribution in [0.3, 0.4) is 0 Å². The normalized spacial score (nSPS) is 10.6. The first-order valence-corrected chi connectivity index (χ1v) is 10.4. The number of hydrogen-bond acceptors (Lipinski definition) is 4. The Balaban J connectivity index is 1.87. The summed E-state index contributed by atoms with van der Waals surface area (Å²) in [6.07, 6.45) is 2.98. The van der Waals surface area contributed by atoms with E-state index < -0.39 is 18.4 Å². The fourth-order valence-electron chi connectivity index (χ4n) is 3.19. The zero-order valence-electron chi connectivity index (χ0n) is 17.7. The predicted molar refractivity (Wildman–Crippen MR) is 122 cm³/mol. The molecule has 0 saturated carbocycles. The van der Waals surface area contributed by atoms with Gasteiger partial charge < -0.3 is 15.7 Å². The van der Waals surface area contributed by atoms with Crippen LogP contribution in [0.5, 0.6) is 0 Å². The van der Waals surface area contributed by atoms with Crippen molar-refractivity contribution >= 4 is 35.1 Å². The zero-order valence-corrected chi connectivity index (χ0v) is 18.4. The number of aryl methyl sites for hydroxylation is 1. The van der Waals surface area contributed by atoms with Crippen LogP contribution in [0.4, 0.5) is 5.69 Å². The van der Waals surface area contributed by atoms with Gasteiger partial charge in [-0.15, -0.1) is 0 Å². The molecule has 0 saturated heterocycles. The quantitative estimate of drug-likeness (QED) is 0.478. The molecule has 166 valence electrons. The molecule has 32 heavy (non-hydrogen) atoms. The van der Waals surface area contributed by atoms with E-state index in [4.69, 9.17) is 16.7 Å². The molecule has 0 aliphatic heterocycles. The lowest BCUT2D eigenvalue weighted by atomic mass is 10.1. The Morgan fingerprint density at radius 1 is 1.09 bits per heavy atom. The van der Waals surface area contributed by atoms with Gasteiger partial charge in [0.1, 0.15) is 6.54 Å². The lowest BCUT2D eigenvalue weighted by molar-refractivity contribution is -0.135. The number of hydrogen-bond donors (Lipinski definition) is 3. The van der Waals surface area contributed by atoms with E-state index in [0.29, 0.717) is 22.7 Å². The molecule has 3 aromatic rings. The van der Waals surface area contributed by atoms with E-state index in [0.717, 1.165) is 23.4 Å². The van der Waals surface area contributed by atoms with Gasteiger partial charge in [-0.25, -0.2) is 4.68 Å². The van der Waals surface area contributed by atoms with Crippen LogP contribution in [0.2, 0.25) is 5.02 Å². The topological polar surface area (TPSA) is 113 Å². The van der Waals surface area contributed by atoms with Crippen molar-refractivity contribution in [2.75, 3.05) is 11.9 Å². The fraction of sp³-hybridized carbons (Fsp3) is 0.217. The molecule has 0 aliphatic carbocycles. The van der Waals surface area contributed by atoms with Gasteiger partial charge in [0.15, 0.2) is 0 Å². The van der Waals surface area contributed by atoms with Crippen molar-refractivity contribution in [1.82, 2.24) is 15.1 Å². The summed E-state index contributed by atoms with van der Waals surface area (Å²) in [7, 11) is 0. The van der Waals surface area contributed by atoms with Crippen LogP contribution in [0.1, 0.15) is 45.3 Å². The first-order chi connectivity index (χ1) is 15.3. The summed E-state index contributed by atoms with van der Waals surface area (Å²) in [5.41, 5.74) is 3.46. The number of carboxylic acids is 1. The molecule has 9 heteroatoms. The highest BCUT2D eigenvalue weighted by Gasteiger charge is 2.19. The summed E-state index contributed by atoms with van der Waals surface area (Å²) in [5, 5.41) is 18.9. The van der Waals surface area contributed by atoms with Crippen LogP contribution in [0, 0.1) is 6.92 Å². The van der Waals surface area contributed by atoms with Gasteiger partial charge in [0, 0.05) is 16.3 Å². The van der Waals surface area contributed by atoms with Gasteiger partial charge in [-0.1, -0.05) is 31.0 Å². The number of halogens is 1. The van der Waals surface area contributed by atoms with E-state index in [1.807, 2.05) is 19.1 Å². The van der Waals surface area contributed by atoms with Gasteiger partial charge in [-0.3, -0.25) is 14.4 Å². The maximum absolute atomic E-state index is 13.1. The summed E-state index contributed by atoms with van der Waals surface area (Å²) >= 11 is 5.98. The van der Waals surface area contributed by atoms with Crippen LogP contribution >= 0.6 is 11.6 Å². The monoisotopic (exact) mass is 454 g/mol. The second kappa shape index (κ2) is 10.1. The summed E-state index contributed by atoms with van der Waals surface area (Å²) in [6, 6.07) is 12.0. The maximum Gasteiger partial charge on any atom is 0.322 e. The SMILES string of the molecule is CCCc1c(C(=O)Nc2cc(C(=O)NCC(=O)O)ccc2C)cnn1-c1ccc(Cl)cc1. The van der Waals surface area contributed by atoms with E-state index in [1.54, 1.807) is 35.9 Å². The van der Waals surface area contributed by atoms with Crippen LogP contribution in [-0.2, 0) is 11.2 Å². The molecule has 0 radical (unpaired) electrons. The second-order valence-corrected chi connectivity index (χ2v) is 7.64. The second-order valence-electron chi connectivity index (χ2n) is 7.20. The van der Waals surface area contributed by atoms with Gasteiger partial charge in [0.2, 0.25) is 0 Å². The van der Waals surface area contributed by atoms with Gasteiger partial charge in [-0.2, -0.15) is 5.10 Å². The van der Waals surface area contributed by atoms with Gasteiger partial charge in [-0.05, 0) is 55.3 Å². The average molecular weight is 455 g/mol. The molecule has 2 aromatic carbocycles. The van der Waals surface area contributed by atoms with Crippen LogP contribution in [0.15, 0.2) is 48.7 Å². The number of aliphatic carboxylic acids is 1. The third-order valence-corrected chi connectivity index (χ3v) is 5.07. The number of nitrogens with one attached hydrogen (secondary N) is 2. The van der Waals surface area contributed by atoms with E-state index in [1.165, 1.54) is 12.3 Å². The van der Waals surface area contributed by atoms with E-state index in [9.17, 15) is 14.4 Å². The van der Waals surface area contributed by atoms with Crippen molar-refractivity contribution in [1.29, 1.82) is 0 Å². The smallest absolute Gasteiger partial charge is 0.322 e. The lowest BCUT2D eigenvalue weighted by Crippen LogP contribution is -2.29. The zero-order chi connectivity index (χ0) is 23.3. The van der Waals surface area contributed by atoms with Crippen molar-refractivity contribution in [3.63, 3.8) is 0 Å². The predicted octanol–water partition coefficient (Wildman–Crippen LogP) is 3.85. The summed E-state index contributed by atoms with van der Waals surface area (Å²) in [6.45, 7) is 3.33. The lowest BCUT2D eigenvalue weighted by Gasteiger charge is -2.12. The first kappa shape index (κ1) is 23.0. The molecule has 0 atom stereocenters. The Hall–Kier alpha value is -3.65. The van der Waals surface area contributed by atoms with E-state index in [2.05, 4.69) is 15.7 Å². The highest BCUT2D eigenvalue weighted by atomic mass is 35.5. The molecular formula is C23H23ClN4O4. The molecule has 0 unspecified atom stereocenters. The Bertz CT molecular complexity index is 1160. The molecule has 0 spiro atoms. The number of carboxylic acid groups (broad SMARTS) is 1. The highest BCUT2D eigenvalue weighted by Crippen LogP contribution is 2.22. The van der Waals surface area contributed by atoms with Crippen molar-refractivity contribution in [2.45, 2.75) is 26.7 Å². The summed E-state index contributed by atoms with van der Waals surface area (Å²) in [4.78, 5) is 36.0. The number of aromatic nitrogens is 2. The van der Waals surface area contributed by atoms with Crippen molar-refractivity contribution < 1.29 is 19.5 Å². The number of carbonyl (C=O) groups is 3. The standard InChI is InChI=1S/C23H23ClN4O4/c1-3-4-20-18(12-26-28(20)17-9-7-16(24)8-10-17)23(32)27-19-11-15(6-5-14(19)2)22(31)25-13-21(29)30/h5-12H,3-4,13H2,1-2H3,(H,25,31)(H,27,32)(H,29,30). The average Bonchev–Trinajstić information content (AvgIpc) is 3.18. The van der Waals surface area contributed by atoms with E-state index >= 15 is 0 Å². The largest absolute Gasteiger partial charge is 0.480 e. The highest BCUT2D eigenvalue weighted by molar-refractivity contribution is 6.30. The number of carbonyl (C=O) groups excluding carboxylic acids is 2. The molecule has 3 N–H and O–H groups in total. The number of nitrogens with zero attached hydrogens (tertiary/aromatic N) is 2. The van der Waals surface area contributed by atoms with Crippen molar-refractivity contribution in [3.8, 4) is 5.69 Å². The van der Waals surface area contributed by atoms with Gasteiger partial charge in [0.25, 0.3) is 11.8 Å². The number of anilines is 1. The number of amides is 2. The Kier molecular flexibility index (Phi) is 7.27. The van der Waals surface area contributed by atoms with Crippen LogP contribution in [-0.4, -0.2) is 39.2 Å². The molecule has 0 aliphatic rings. The van der Waals surface area contributed by atoms with E-state index in [-0.39, 0.29) is 11.5 Å². The summed E-state index contributed by atoms with van der Waals surface area (Å²) in [5.74, 6) is -2.02. The summed E-state index contributed by atoms with van der Waals surface area (Å²) < 4.78 is 1.72. The molecule has 0 bridgehead atoms. The van der Waals surface area contributed by atoms with Crippen LogP contribution < -0.4 is 10.6 Å². The third-order valence-electron chi connectivity index (χ3n) is 4.82. The Labute approximate surface area is 190 Å². The third kappa shape index (κ3) is 5.33. The molecule has 3 rings (SSSR count). The Morgan fingerprint density at radius 3 is 2.47 bits per heavy atom. The molecular weight excluding hydrogens is 432 g/mol. The van der Waals surface area contributed by atoms with Crippen molar-refractivity contribution in [2.24, 2.45) is 0 Å². The molecule has 1 heterocycles. The molecule has 8 nitrogen and oxygen atoms in total. The number of benzene rings is 2. The number of rotatable bonds is 8. The van der Waals surface area contributed by atoms with Gasteiger partial charge >= 0.3 is 5.97 Å². The minimum absolute atomic E-state index is 0.248. The first-order valence-electron chi connectivity index (χ1n) is 10.0. The fourth-order valence-corrected chi connectivity index (χ4v) is 3.32. The minimum atomic E-state index is -1.14.